The summed E-state index contributed by atoms with van der Waals surface area (Å²) in [6.45, 7) is 5.81. The van der Waals surface area contributed by atoms with Crippen molar-refractivity contribution < 1.29 is 4.39 Å². The van der Waals surface area contributed by atoms with Crippen LogP contribution >= 0.6 is 0 Å². The zero-order valence-corrected chi connectivity index (χ0v) is 13.0. The molecule has 0 atom stereocenters. The van der Waals surface area contributed by atoms with Crippen molar-refractivity contribution >= 4 is 11.4 Å². The van der Waals surface area contributed by atoms with Gasteiger partial charge in [-0.05, 0) is 55.8 Å². The van der Waals surface area contributed by atoms with Crippen LogP contribution in [0.25, 0.3) is 0 Å². The lowest BCUT2D eigenvalue weighted by atomic mass is 10.1. The first-order chi connectivity index (χ1) is 10.1. The molecule has 112 valence electrons. The van der Waals surface area contributed by atoms with E-state index in [0.717, 1.165) is 29.9 Å². The van der Waals surface area contributed by atoms with Gasteiger partial charge in [0.1, 0.15) is 5.82 Å². The first-order valence-electron chi connectivity index (χ1n) is 7.41. The molecule has 21 heavy (non-hydrogen) atoms. The topological polar surface area (TPSA) is 15.3 Å². The fourth-order valence-electron chi connectivity index (χ4n) is 2.33. The average Bonchev–Trinajstić information content (AvgIpc) is 2.48. The van der Waals surface area contributed by atoms with Crippen LogP contribution in [0, 0.1) is 12.7 Å². The van der Waals surface area contributed by atoms with Crippen LogP contribution in [0.1, 0.15) is 24.5 Å². The van der Waals surface area contributed by atoms with Crippen molar-refractivity contribution in [1.29, 1.82) is 0 Å². The standard InChI is InChI=1S/C18H23FN2/c1-4-11-20-13-15-12-16(19)7-10-18(15)21(3)17-8-5-14(2)6-9-17/h5-10,12,20H,4,11,13H2,1-3H3. The minimum atomic E-state index is -0.190. The number of halogens is 1. The molecule has 0 saturated heterocycles. The quantitative estimate of drug-likeness (QED) is 0.792. The second-order valence-electron chi connectivity index (χ2n) is 5.34. The third-order valence-electron chi connectivity index (χ3n) is 3.57. The highest BCUT2D eigenvalue weighted by Gasteiger charge is 2.10. The Morgan fingerprint density at radius 1 is 1.10 bits per heavy atom. The number of benzene rings is 2. The molecule has 0 spiro atoms. The third kappa shape index (κ3) is 4.05. The number of nitrogens with zero attached hydrogens (tertiary/aromatic N) is 1. The lowest BCUT2D eigenvalue weighted by Gasteiger charge is -2.23. The van der Waals surface area contributed by atoms with Gasteiger partial charge >= 0.3 is 0 Å². The number of hydrogen-bond donors (Lipinski definition) is 1. The molecule has 0 heterocycles. The van der Waals surface area contributed by atoms with Gasteiger partial charge < -0.3 is 10.2 Å². The van der Waals surface area contributed by atoms with Crippen LogP contribution in [-0.4, -0.2) is 13.6 Å². The fraction of sp³-hybridized carbons (Fsp3) is 0.333. The summed E-state index contributed by atoms with van der Waals surface area (Å²) in [6.07, 6.45) is 1.07. The Morgan fingerprint density at radius 3 is 2.48 bits per heavy atom. The van der Waals surface area contributed by atoms with Gasteiger partial charge in [-0.25, -0.2) is 4.39 Å². The number of nitrogens with one attached hydrogen (secondary N) is 1. The normalized spacial score (nSPS) is 10.7. The van der Waals surface area contributed by atoms with Gasteiger partial charge in [-0.3, -0.25) is 0 Å². The number of aryl methyl sites for hydroxylation is 1. The number of hydrogen-bond acceptors (Lipinski definition) is 2. The molecule has 0 saturated carbocycles. The van der Waals surface area contributed by atoms with E-state index in [4.69, 9.17) is 0 Å². The molecule has 2 aromatic rings. The van der Waals surface area contributed by atoms with Crippen molar-refractivity contribution in [2.75, 3.05) is 18.5 Å². The van der Waals surface area contributed by atoms with Crippen molar-refractivity contribution in [2.45, 2.75) is 26.8 Å². The van der Waals surface area contributed by atoms with Gasteiger partial charge in [0.15, 0.2) is 0 Å². The predicted molar refractivity (Wildman–Crippen MR) is 87.6 cm³/mol. The molecule has 0 unspecified atom stereocenters. The van der Waals surface area contributed by atoms with Crippen molar-refractivity contribution in [2.24, 2.45) is 0 Å². The predicted octanol–water partition coefficient (Wildman–Crippen LogP) is 4.40. The van der Waals surface area contributed by atoms with E-state index >= 15 is 0 Å². The molecule has 0 amide bonds. The lowest BCUT2D eigenvalue weighted by Crippen LogP contribution is -2.18. The molecule has 3 heteroatoms. The van der Waals surface area contributed by atoms with Crippen LogP contribution in [-0.2, 0) is 6.54 Å². The Morgan fingerprint density at radius 2 is 1.81 bits per heavy atom. The highest BCUT2D eigenvalue weighted by Crippen LogP contribution is 2.28. The minimum absolute atomic E-state index is 0.190. The summed E-state index contributed by atoms with van der Waals surface area (Å²) in [5.74, 6) is -0.190. The van der Waals surface area contributed by atoms with Gasteiger partial charge in [-0.15, -0.1) is 0 Å². The Bertz CT molecular complexity index is 578. The number of rotatable bonds is 6. The second-order valence-corrected chi connectivity index (χ2v) is 5.34. The van der Waals surface area contributed by atoms with Crippen LogP contribution in [0.15, 0.2) is 42.5 Å². The van der Waals surface area contributed by atoms with E-state index in [1.54, 1.807) is 6.07 Å². The molecule has 0 aliphatic heterocycles. The fourth-order valence-corrected chi connectivity index (χ4v) is 2.33. The summed E-state index contributed by atoms with van der Waals surface area (Å²) >= 11 is 0. The summed E-state index contributed by atoms with van der Waals surface area (Å²) in [4.78, 5) is 2.10. The summed E-state index contributed by atoms with van der Waals surface area (Å²) < 4.78 is 13.5. The first kappa shape index (κ1) is 15.5. The molecule has 2 aromatic carbocycles. The van der Waals surface area contributed by atoms with E-state index in [1.807, 2.05) is 13.1 Å². The largest absolute Gasteiger partial charge is 0.344 e. The maximum absolute atomic E-state index is 13.5. The zero-order chi connectivity index (χ0) is 15.2. The maximum Gasteiger partial charge on any atom is 0.123 e. The van der Waals surface area contributed by atoms with Crippen molar-refractivity contribution in [3.63, 3.8) is 0 Å². The van der Waals surface area contributed by atoms with E-state index in [1.165, 1.54) is 11.6 Å². The average molecular weight is 286 g/mol. The van der Waals surface area contributed by atoms with Gasteiger partial charge in [0.2, 0.25) is 0 Å². The molecular weight excluding hydrogens is 263 g/mol. The van der Waals surface area contributed by atoms with Gasteiger partial charge in [-0.2, -0.15) is 0 Å². The number of anilines is 2. The highest BCUT2D eigenvalue weighted by atomic mass is 19.1. The van der Waals surface area contributed by atoms with Gasteiger partial charge in [-0.1, -0.05) is 24.6 Å². The Hall–Kier alpha value is -1.87. The van der Waals surface area contributed by atoms with E-state index in [0.29, 0.717) is 6.54 Å². The summed E-state index contributed by atoms with van der Waals surface area (Å²) in [5.41, 5.74) is 4.34. The monoisotopic (exact) mass is 286 g/mol. The molecule has 0 fully saturated rings. The molecule has 0 aliphatic rings. The first-order valence-corrected chi connectivity index (χ1v) is 7.41. The Balaban J connectivity index is 2.26. The Kier molecular flexibility index (Phi) is 5.34. The van der Waals surface area contributed by atoms with Crippen LogP contribution in [0.5, 0.6) is 0 Å². The van der Waals surface area contributed by atoms with Crippen LogP contribution in [0.2, 0.25) is 0 Å². The van der Waals surface area contributed by atoms with Crippen LogP contribution < -0.4 is 10.2 Å². The molecule has 0 aromatic heterocycles. The Labute approximate surface area is 126 Å². The molecule has 0 radical (unpaired) electrons. The van der Waals surface area contributed by atoms with E-state index < -0.39 is 0 Å². The van der Waals surface area contributed by atoms with E-state index in [9.17, 15) is 4.39 Å². The molecule has 0 bridgehead atoms. The minimum Gasteiger partial charge on any atom is -0.344 e. The van der Waals surface area contributed by atoms with Gasteiger partial charge in [0.05, 0.1) is 0 Å². The van der Waals surface area contributed by atoms with E-state index in [2.05, 4.69) is 48.3 Å². The third-order valence-corrected chi connectivity index (χ3v) is 3.57. The van der Waals surface area contributed by atoms with E-state index in [-0.39, 0.29) is 5.82 Å². The van der Waals surface area contributed by atoms with Crippen LogP contribution in [0.3, 0.4) is 0 Å². The second kappa shape index (κ2) is 7.23. The summed E-state index contributed by atoms with van der Waals surface area (Å²) in [7, 11) is 2.02. The van der Waals surface area contributed by atoms with Gasteiger partial charge in [0, 0.05) is 25.0 Å². The summed E-state index contributed by atoms with van der Waals surface area (Å²) in [6, 6.07) is 13.3. The maximum atomic E-state index is 13.5. The van der Waals surface area contributed by atoms with Crippen LogP contribution in [0.4, 0.5) is 15.8 Å². The molecular formula is C18H23FN2. The summed E-state index contributed by atoms with van der Waals surface area (Å²) in [5, 5.41) is 3.34. The molecule has 0 aliphatic carbocycles. The van der Waals surface area contributed by atoms with Crippen molar-refractivity contribution in [1.82, 2.24) is 5.32 Å². The smallest absolute Gasteiger partial charge is 0.123 e. The van der Waals surface area contributed by atoms with Crippen molar-refractivity contribution in [3.05, 3.63) is 59.4 Å². The highest BCUT2D eigenvalue weighted by molar-refractivity contribution is 5.66. The SMILES string of the molecule is CCCNCc1cc(F)ccc1N(C)c1ccc(C)cc1. The van der Waals surface area contributed by atoms with Crippen molar-refractivity contribution in [3.8, 4) is 0 Å². The van der Waals surface area contributed by atoms with Gasteiger partial charge in [0.25, 0.3) is 0 Å². The molecule has 2 nitrogen and oxygen atoms in total. The zero-order valence-electron chi connectivity index (χ0n) is 13.0. The lowest BCUT2D eigenvalue weighted by molar-refractivity contribution is 0.619. The molecule has 2 rings (SSSR count). The molecule has 1 N–H and O–H groups in total.